The Morgan fingerprint density at radius 1 is 0.976 bits per heavy atom. The molecule has 9 nitrogen and oxygen atoms in total. The fraction of sp³-hybridized carbons (Fsp3) is 0.433. The van der Waals surface area contributed by atoms with Gasteiger partial charge >= 0.3 is 6.09 Å². The summed E-state index contributed by atoms with van der Waals surface area (Å²) in [5.41, 5.74) is 0.840. The van der Waals surface area contributed by atoms with Gasteiger partial charge in [-0.2, -0.15) is 0 Å². The molecule has 0 atom stereocenters. The van der Waals surface area contributed by atoms with Crippen LogP contribution in [0.4, 0.5) is 41.0 Å². The summed E-state index contributed by atoms with van der Waals surface area (Å²) in [4.78, 5) is 26.1. The molecule has 3 heterocycles. The summed E-state index contributed by atoms with van der Waals surface area (Å²) in [5, 5.41) is 2.91. The number of ether oxygens (including phenoxy) is 2. The van der Waals surface area contributed by atoms with Gasteiger partial charge in [-0.05, 0) is 65.0 Å². The molecular weight excluding hydrogens is 549 g/mol. The van der Waals surface area contributed by atoms with Crippen LogP contribution in [0.25, 0.3) is 11.3 Å². The molecule has 0 saturated carbocycles. The van der Waals surface area contributed by atoms with Crippen molar-refractivity contribution in [1.82, 2.24) is 14.9 Å². The Kier molecular flexibility index (Phi) is 8.07. The first-order valence-corrected chi connectivity index (χ1v) is 13.9. The molecule has 1 saturated heterocycles. The van der Waals surface area contributed by atoms with Crippen LogP contribution >= 0.6 is 0 Å². The van der Waals surface area contributed by atoms with E-state index in [9.17, 15) is 13.6 Å². The van der Waals surface area contributed by atoms with Gasteiger partial charge in [-0.25, -0.2) is 27.9 Å². The second-order valence-corrected chi connectivity index (χ2v) is 11.6. The van der Waals surface area contributed by atoms with Crippen LogP contribution in [0, 0.1) is 17.5 Å². The lowest BCUT2D eigenvalue weighted by Crippen LogP contribution is -2.50. The van der Waals surface area contributed by atoms with Gasteiger partial charge in [-0.15, -0.1) is 0 Å². The topological polar surface area (TPSA) is 83.1 Å². The number of nitrogens with zero attached hydrogens (tertiary/aromatic N) is 5. The molecule has 224 valence electrons. The molecular formula is C30H35F3N6O3. The van der Waals surface area contributed by atoms with Gasteiger partial charge in [0.2, 0.25) is 5.95 Å². The summed E-state index contributed by atoms with van der Waals surface area (Å²) in [6.45, 7) is 12.1. The van der Waals surface area contributed by atoms with Gasteiger partial charge in [0.05, 0.1) is 24.1 Å². The van der Waals surface area contributed by atoms with Crippen molar-refractivity contribution in [2.75, 3.05) is 54.4 Å². The van der Waals surface area contributed by atoms with Crippen LogP contribution in [0.1, 0.15) is 34.6 Å². The van der Waals surface area contributed by atoms with Crippen LogP contribution in [0.2, 0.25) is 0 Å². The quantitative estimate of drug-likeness (QED) is 0.393. The van der Waals surface area contributed by atoms with Crippen LogP contribution in [0.15, 0.2) is 36.5 Å². The first kappa shape index (κ1) is 29.3. The number of hydrogen-bond donors (Lipinski definition) is 1. The number of fused-ring (bicyclic) bond motifs is 1. The standard InChI is InChI=1S/C30H35F3N6O3/c1-18(2)39-12-13-41-27-22(32)14-19(15-25(27)39)26-23(33)17-34-28(36-26)35-20-6-7-24(21(31)16-20)37-8-10-38(11-9-37)29(40)42-30(3,4)5/h6-7,14-18H,8-13H2,1-5H3,(H,34,35,36). The molecule has 0 aliphatic carbocycles. The van der Waals surface area contributed by atoms with Gasteiger partial charge in [0, 0.05) is 43.5 Å². The van der Waals surface area contributed by atoms with Gasteiger partial charge < -0.3 is 29.5 Å². The summed E-state index contributed by atoms with van der Waals surface area (Å²) in [6, 6.07) is 7.53. The minimum Gasteiger partial charge on any atom is -0.486 e. The summed E-state index contributed by atoms with van der Waals surface area (Å²) in [6.07, 6.45) is 0.609. The van der Waals surface area contributed by atoms with E-state index < -0.39 is 23.1 Å². The highest BCUT2D eigenvalue weighted by atomic mass is 19.1. The highest BCUT2D eigenvalue weighted by molar-refractivity contribution is 5.73. The molecule has 1 amide bonds. The third-order valence-corrected chi connectivity index (χ3v) is 7.03. The zero-order valence-corrected chi connectivity index (χ0v) is 24.4. The SMILES string of the molecule is CC(C)N1CCOc2c(F)cc(-c3nc(Nc4ccc(N5CCN(C(=O)OC(C)(C)C)CC5)c(F)c4)ncc3F)cc21. The Hall–Kier alpha value is -4.22. The van der Waals surface area contributed by atoms with Crippen molar-refractivity contribution in [2.45, 2.75) is 46.3 Å². The van der Waals surface area contributed by atoms with Gasteiger partial charge in [0.15, 0.2) is 17.4 Å². The van der Waals surface area contributed by atoms with Crippen LogP contribution in [-0.4, -0.2) is 71.9 Å². The second kappa shape index (κ2) is 11.6. The lowest BCUT2D eigenvalue weighted by atomic mass is 10.1. The molecule has 2 aromatic carbocycles. The molecule has 2 aliphatic rings. The van der Waals surface area contributed by atoms with E-state index in [1.165, 1.54) is 12.1 Å². The van der Waals surface area contributed by atoms with Crippen molar-refractivity contribution in [1.29, 1.82) is 0 Å². The minimum absolute atomic E-state index is 0.0274. The Morgan fingerprint density at radius 3 is 2.38 bits per heavy atom. The van der Waals surface area contributed by atoms with Crippen molar-refractivity contribution in [2.24, 2.45) is 0 Å². The molecule has 1 fully saturated rings. The molecule has 3 aromatic rings. The smallest absolute Gasteiger partial charge is 0.410 e. The lowest BCUT2D eigenvalue weighted by Gasteiger charge is -2.36. The predicted molar refractivity (Wildman–Crippen MR) is 155 cm³/mol. The van der Waals surface area contributed by atoms with Crippen molar-refractivity contribution >= 4 is 29.1 Å². The first-order chi connectivity index (χ1) is 19.9. The monoisotopic (exact) mass is 584 g/mol. The number of hydrogen-bond acceptors (Lipinski definition) is 8. The maximum atomic E-state index is 15.2. The third-order valence-electron chi connectivity index (χ3n) is 7.03. The average Bonchev–Trinajstić information content (AvgIpc) is 2.93. The molecule has 0 radical (unpaired) electrons. The molecule has 1 N–H and O–H groups in total. The number of halogens is 3. The number of aromatic nitrogens is 2. The summed E-state index contributed by atoms with van der Waals surface area (Å²) in [7, 11) is 0. The van der Waals surface area contributed by atoms with E-state index in [1.54, 1.807) is 23.1 Å². The fourth-order valence-electron chi connectivity index (χ4n) is 5.03. The number of carbonyl (C=O) groups is 1. The Labute approximate surface area is 243 Å². The Balaban J connectivity index is 1.31. The third kappa shape index (κ3) is 6.32. The summed E-state index contributed by atoms with van der Waals surface area (Å²) < 4.78 is 56.0. The summed E-state index contributed by atoms with van der Waals surface area (Å²) in [5.74, 6) is -1.64. The second-order valence-electron chi connectivity index (χ2n) is 11.6. The van der Waals surface area contributed by atoms with E-state index in [-0.39, 0.29) is 35.1 Å². The van der Waals surface area contributed by atoms with E-state index in [0.717, 1.165) is 6.20 Å². The van der Waals surface area contributed by atoms with Gasteiger partial charge in [-0.1, -0.05) is 0 Å². The van der Waals surface area contributed by atoms with Crippen molar-refractivity contribution in [3.05, 3.63) is 54.0 Å². The van der Waals surface area contributed by atoms with E-state index in [1.807, 2.05) is 44.4 Å². The number of benzene rings is 2. The molecule has 0 unspecified atom stereocenters. The normalized spacial score (nSPS) is 15.4. The molecule has 12 heteroatoms. The van der Waals surface area contributed by atoms with Gasteiger partial charge in [0.1, 0.15) is 23.7 Å². The van der Waals surface area contributed by atoms with Crippen molar-refractivity contribution in [3.8, 4) is 17.0 Å². The largest absolute Gasteiger partial charge is 0.486 e. The number of rotatable bonds is 5. The number of anilines is 4. The van der Waals surface area contributed by atoms with Crippen molar-refractivity contribution in [3.63, 3.8) is 0 Å². The van der Waals surface area contributed by atoms with Crippen molar-refractivity contribution < 1.29 is 27.4 Å². The fourth-order valence-corrected chi connectivity index (χ4v) is 5.03. The predicted octanol–water partition coefficient (Wildman–Crippen LogP) is 5.97. The van der Waals surface area contributed by atoms with Crippen LogP contribution in [0.3, 0.4) is 0 Å². The van der Waals surface area contributed by atoms with Gasteiger partial charge in [-0.3, -0.25) is 0 Å². The molecule has 0 bridgehead atoms. The molecule has 0 spiro atoms. The van der Waals surface area contributed by atoms with E-state index in [2.05, 4.69) is 15.3 Å². The highest BCUT2D eigenvalue weighted by Crippen LogP contribution is 2.39. The molecule has 42 heavy (non-hydrogen) atoms. The Bertz CT molecular complexity index is 1470. The lowest BCUT2D eigenvalue weighted by molar-refractivity contribution is 0.0240. The number of amides is 1. The van der Waals surface area contributed by atoms with Crippen LogP contribution in [0.5, 0.6) is 5.75 Å². The average molecular weight is 585 g/mol. The van der Waals surface area contributed by atoms with Crippen LogP contribution in [-0.2, 0) is 4.74 Å². The van der Waals surface area contributed by atoms with E-state index in [0.29, 0.717) is 56.4 Å². The zero-order valence-electron chi connectivity index (χ0n) is 24.4. The number of carbonyl (C=O) groups excluding carboxylic acids is 1. The first-order valence-electron chi connectivity index (χ1n) is 13.9. The maximum absolute atomic E-state index is 15.2. The minimum atomic E-state index is -0.722. The molecule has 2 aliphatic heterocycles. The molecule has 1 aromatic heterocycles. The zero-order chi connectivity index (χ0) is 30.2. The molecule has 5 rings (SSSR count). The highest BCUT2D eigenvalue weighted by Gasteiger charge is 2.28. The number of piperazine rings is 1. The number of nitrogens with one attached hydrogen (secondary N) is 1. The van der Waals surface area contributed by atoms with Crippen LogP contribution < -0.4 is 19.9 Å². The Morgan fingerprint density at radius 2 is 1.71 bits per heavy atom. The summed E-state index contributed by atoms with van der Waals surface area (Å²) >= 11 is 0. The van der Waals surface area contributed by atoms with E-state index >= 15 is 4.39 Å². The maximum Gasteiger partial charge on any atom is 0.410 e. The van der Waals surface area contributed by atoms with Gasteiger partial charge in [0.25, 0.3) is 0 Å². The van der Waals surface area contributed by atoms with E-state index in [4.69, 9.17) is 9.47 Å².